The number of hydrogen-bond acceptors (Lipinski definition) is 8. The van der Waals surface area contributed by atoms with Crippen molar-refractivity contribution in [3.8, 4) is 0 Å². The standard InChI is InChI=1S/C12H7N3O4S.C12H11NS/c16-14(17)7-1-3-9-11(5-7)20-12-6-8(15(18)19)2-4-10(12)13-9;1-3-7-11-9(5-1)13-10-6-2-4-8-12(10)14-11/h1-6,13H;1-9,11,13H. The number of anilines is 3. The van der Waals surface area contributed by atoms with Gasteiger partial charge >= 0.3 is 0 Å². The van der Waals surface area contributed by atoms with Gasteiger partial charge in [-0.1, -0.05) is 48.2 Å². The number of benzene rings is 3. The summed E-state index contributed by atoms with van der Waals surface area (Å²) in [5, 5.41) is 28.7. The minimum atomic E-state index is -0.468. The molecule has 1 aliphatic carbocycles. The van der Waals surface area contributed by atoms with Gasteiger partial charge in [0.2, 0.25) is 0 Å². The van der Waals surface area contributed by atoms with Crippen molar-refractivity contribution in [1.29, 1.82) is 0 Å². The molecule has 0 amide bonds. The highest BCUT2D eigenvalue weighted by atomic mass is 32.2. The molecule has 6 rings (SSSR count). The van der Waals surface area contributed by atoms with Crippen LogP contribution in [0.1, 0.15) is 0 Å². The van der Waals surface area contributed by atoms with Crippen LogP contribution in [0, 0.1) is 20.2 Å². The summed E-state index contributed by atoms with van der Waals surface area (Å²) in [6.07, 6.45) is 8.73. The number of para-hydroxylation sites is 1. The van der Waals surface area contributed by atoms with Gasteiger partial charge in [0, 0.05) is 44.6 Å². The van der Waals surface area contributed by atoms with E-state index in [0.29, 0.717) is 21.1 Å². The highest BCUT2D eigenvalue weighted by Gasteiger charge is 2.25. The Labute approximate surface area is 203 Å². The van der Waals surface area contributed by atoms with E-state index in [0.717, 1.165) is 11.4 Å². The van der Waals surface area contributed by atoms with E-state index in [1.807, 2.05) is 11.8 Å². The average Bonchev–Trinajstić information content (AvgIpc) is 2.85. The second kappa shape index (κ2) is 9.24. The molecule has 8 nitrogen and oxygen atoms in total. The van der Waals surface area contributed by atoms with Crippen molar-refractivity contribution in [1.82, 2.24) is 0 Å². The Bertz CT molecular complexity index is 1260. The number of nitro groups is 2. The van der Waals surface area contributed by atoms with Crippen LogP contribution in [-0.4, -0.2) is 21.1 Å². The van der Waals surface area contributed by atoms with Crippen LogP contribution in [0.2, 0.25) is 0 Å². The van der Waals surface area contributed by atoms with Crippen LogP contribution in [0.5, 0.6) is 0 Å². The van der Waals surface area contributed by atoms with E-state index in [9.17, 15) is 20.2 Å². The zero-order chi connectivity index (χ0) is 23.7. The Kier molecular flexibility index (Phi) is 5.99. The molecule has 0 spiro atoms. The Balaban J connectivity index is 0.000000150. The maximum absolute atomic E-state index is 10.8. The van der Waals surface area contributed by atoms with E-state index < -0.39 is 9.85 Å². The molecule has 2 atom stereocenters. The Morgan fingerprint density at radius 2 is 1.35 bits per heavy atom. The molecule has 0 radical (unpaired) electrons. The topological polar surface area (TPSA) is 110 Å². The van der Waals surface area contributed by atoms with Gasteiger partial charge < -0.3 is 10.6 Å². The lowest BCUT2D eigenvalue weighted by Gasteiger charge is -2.31. The number of nitrogens with one attached hydrogen (secondary N) is 2. The number of nitrogens with zero attached hydrogens (tertiary/aromatic N) is 2. The van der Waals surface area contributed by atoms with Crippen LogP contribution in [0.4, 0.5) is 28.4 Å². The third-order valence-electron chi connectivity index (χ3n) is 5.40. The fourth-order valence-electron chi connectivity index (χ4n) is 3.73. The molecular weight excluding hydrogens is 472 g/mol. The first-order valence-electron chi connectivity index (χ1n) is 10.4. The molecule has 2 aliphatic heterocycles. The van der Waals surface area contributed by atoms with Crippen molar-refractivity contribution < 1.29 is 9.85 Å². The minimum Gasteiger partial charge on any atom is -0.376 e. The summed E-state index contributed by atoms with van der Waals surface area (Å²) in [6, 6.07) is 18.0. The summed E-state index contributed by atoms with van der Waals surface area (Å²) in [5.74, 6) is 0. The lowest BCUT2D eigenvalue weighted by molar-refractivity contribution is -0.385. The summed E-state index contributed by atoms with van der Waals surface area (Å²) in [7, 11) is 0. The lowest BCUT2D eigenvalue weighted by Crippen LogP contribution is -2.32. The predicted molar refractivity (Wildman–Crippen MR) is 135 cm³/mol. The first kappa shape index (κ1) is 22.1. The monoisotopic (exact) mass is 490 g/mol. The van der Waals surface area contributed by atoms with E-state index in [2.05, 4.69) is 59.2 Å². The summed E-state index contributed by atoms with van der Waals surface area (Å²) >= 11 is 3.21. The Morgan fingerprint density at radius 1 is 0.735 bits per heavy atom. The number of allylic oxidation sites excluding steroid dienone is 2. The quantitative estimate of drug-likeness (QED) is 0.234. The van der Waals surface area contributed by atoms with Crippen LogP contribution in [-0.2, 0) is 0 Å². The van der Waals surface area contributed by atoms with Crippen molar-refractivity contribution in [2.45, 2.75) is 26.0 Å². The number of nitro benzene ring substituents is 2. The fraction of sp³-hybridized carbons (Fsp3) is 0.0833. The number of hydrogen-bond donors (Lipinski definition) is 2. The molecule has 0 aromatic heterocycles. The molecule has 2 N–H and O–H groups in total. The van der Waals surface area contributed by atoms with Gasteiger partial charge in [-0.05, 0) is 24.3 Å². The van der Waals surface area contributed by atoms with Gasteiger partial charge in [-0.2, -0.15) is 0 Å². The molecule has 3 aromatic rings. The van der Waals surface area contributed by atoms with Crippen LogP contribution in [0.25, 0.3) is 0 Å². The van der Waals surface area contributed by atoms with E-state index in [-0.39, 0.29) is 11.4 Å². The summed E-state index contributed by atoms with van der Waals surface area (Å²) < 4.78 is 0. The van der Waals surface area contributed by atoms with Crippen molar-refractivity contribution in [3.05, 3.63) is 105 Å². The molecule has 0 fully saturated rings. The molecular formula is C24H18N4O4S2. The average molecular weight is 491 g/mol. The number of thioether (sulfide) groups is 1. The van der Waals surface area contributed by atoms with Gasteiger partial charge in [0.1, 0.15) is 0 Å². The third-order valence-corrected chi connectivity index (χ3v) is 7.85. The predicted octanol–water partition coefficient (Wildman–Crippen LogP) is 6.78. The largest absolute Gasteiger partial charge is 0.376 e. The molecule has 0 saturated heterocycles. The van der Waals surface area contributed by atoms with Gasteiger partial charge in [-0.15, -0.1) is 11.8 Å². The maximum atomic E-state index is 10.8. The number of rotatable bonds is 2. The van der Waals surface area contributed by atoms with E-state index in [1.54, 1.807) is 12.1 Å². The molecule has 0 bridgehead atoms. The summed E-state index contributed by atoms with van der Waals surface area (Å²) in [5.41, 5.74) is 2.75. The van der Waals surface area contributed by atoms with E-state index in [1.165, 1.54) is 46.6 Å². The Hall–Kier alpha value is -3.76. The van der Waals surface area contributed by atoms with Crippen molar-refractivity contribution in [2.75, 3.05) is 10.6 Å². The molecule has 10 heteroatoms. The first-order chi connectivity index (χ1) is 16.5. The van der Waals surface area contributed by atoms with Crippen LogP contribution < -0.4 is 10.6 Å². The van der Waals surface area contributed by atoms with Crippen LogP contribution >= 0.6 is 23.5 Å². The molecule has 34 heavy (non-hydrogen) atoms. The van der Waals surface area contributed by atoms with E-state index in [4.69, 9.17) is 0 Å². The zero-order valence-corrected chi connectivity index (χ0v) is 19.2. The van der Waals surface area contributed by atoms with Gasteiger partial charge in [0.25, 0.3) is 11.4 Å². The van der Waals surface area contributed by atoms with Crippen molar-refractivity contribution in [3.63, 3.8) is 0 Å². The molecule has 170 valence electrons. The Morgan fingerprint density at radius 3 is 2.00 bits per heavy atom. The maximum Gasteiger partial charge on any atom is 0.270 e. The van der Waals surface area contributed by atoms with Gasteiger partial charge in [-0.3, -0.25) is 20.2 Å². The highest BCUT2D eigenvalue weighted by Crippen LogP contribution is 2.46. The SMILES string of the molecule is C1=CC2Nc3ccccc3SC2C=C1.O=[N+]([O-])c1ccc2c(c1)Sc1cc([N+](=O)[O-])ccc1N2. The number of non-ortho nitro benzene ring substituents is 2. The molecule has 3 aromatic carbocycles. The summed E-state index contributed by atoms with van der Waals surface area (Å²) in [4.78, 5) is 23.3. The molecule has 3 aliphatic rings. The van der Waals surface area contributed by atoms with Gasteiger partial charge in [-0.25, -0.2) is 0 Å². The number of fused-ring (bicyclic) bond motifs is 4. The highest BCUT2D eigenvalue weighted by molar-refractivity contribution is 8.00. The molecule has 2 heterocycles. The van der Waals surface area contributed by atoms with Crippen molar-refractivity contribution in [2.24, 2.45) is 0 Å². The molecule has 2 unspecified atom stereocenters. The van der Waals surface area contributed by atoms with Crippen LogP contribution in [0.3, 0.4) is 0 Å². The third kappa shape index (κ3) is 4.50. The summed E-state index contributed by atoms with van der Waals surface area (Å²) in [6.45, 7) is 0. The lowest BCUT2D eigenvalue weighted by atomic mass is 10.1. The zero-order valence-electron chi connectivity index (χ0n) is 17.6. The van der Waals surface area contributed by atoms with Crippen LogP contribution in [0.15, 0.2) is 99.7 Å². The van der Waals surface area contributed by atoms with Crippen molar-refractivity contribution >= 4 is 52.0 Å². The molecule has 0 saturated carbocycles. The van der Waals surface area contributed by atoms with Gasteiger partial charge in [0.05, 0.1) is 32.5 Å². The van der Waals surface area contributed by atoms with Gasteiger partial charge in [0.15, 0.2) is 0 Å². The van der Waals surface area contributed by atoms with E-state index >= 15 is 0 Å². The first-order valence-corrected chi connectivity index (χ1v) is 12.1. The second-order valence-electron chi connectivity index (χ2n) is 7.62. The smallest absolute Gasteiger partial charge is 0.270 e. The normalized spacial score (nSPS) is 18.5. The second-order valence-corrected chi connectivity index (χ2v) is 9.92. The fourth-order valence-corrected chi connectivity index (χ4v) is 5.97. The minimum absolute atomic E-state index is 0.00747.